The van der Waals surface area contributed by atoms with E-state index in [1.807, 2.05) is 6.20 Å². The molecule has 1 fully saturated rings. The standard InChI is InChI=1S/C21H32N4O/c1-4-25-18(3)20(13-22-25)15-23-10-11-24(21(16-23)9-12-26)14-19-7-5-17(2)6-8-19/h5-8,13,21,26H,4,9-12,14-16H2,1-3H3/t21-/m0/s1. The number of nitrogens with zero attached hydrogens (tertiary/aromatic N) is 4. The zero-order chi connectivity index (χ0) is 18.5. The maximum atomic E-state index is 9.54. The second-order valence-electron chi connectivity index (χ2n) is 7.43. The summed E-state index contributed by atoms with van der Waals surface area (Å²) in [5.41, 5.74) is 5.25. The first-order chi connectivity index (χ1) is 12.6. The van der Waals surface area contributed by atoms with Crippen LogP contribution in [0.5, 0.6) is 0 Å². The van der Waals surface area contributed by atoms with E-state index in [1.54, 1.807) is 0 Å². The molecule has 1 N–H and O–H groups in total. The topological polar surface area (TPSA) is 44.5 Å². The Labute approximate surface area is 157 Å². The van der Waals surface area contributed by atoms with Gasteiger partial charge in [-0.15, -0.1) is 0 Å². The smallest absolute Gasteiger partial charge is 0.0537 e. The highest BCUT2D eigenvalue weighted by atomic mass is 16.3. The maximum Gasteiger partial charge on any atom is 0.0537 e. The van der Waals surface area contributed by atoms with Crippen molar-refractivity contribution in [1.29, 1.82) is 0 Å². The van der Waals surface area contributed by atoms with Crippen LogP contribution in [0.3, 0.4) is 0 Å². The van der Waals surface area contributed by atoms with Crippen LogP contribution in [0.4, 0.5) is 0 Å². The minimum Gasteiger partial charge on any atom is -0.396 e. The van der Waals surface area contributed by atoms with Gasteiger partial charge in [0, 0.05) is 63.2 Å². The molecule has 1 atom stereocenters. The third-order valence-corrected chi connectivity index (χ3v) is 5.56. The fourth-order valence-corrected chi connectivity index (χ4v) is 3.86. The lowest BCUT2D eigenvalue weighted by molar-refractivity contribution is 0.0499. The minimum atomic E-state index is 0.246. The Bertz CT molecular complexity index is 695. The van der Waals surface area contributed by atoms with Gasteiger partial charge in [0.05, 0.1) is 6.20 Å². The van der Waals surface area contributed by atoms with Gasteiger partial charge in [-0.25, -0.2) is 0 Å². The molecule has 2 aromatic rings. The molecule has 142 valence electrons. The Kier molecular flexibility index (Phi) is 6.46. The summed E-state index contributed by atoms with van der Waals surface area (Å²) >= 11 is 0. The third-order valence-electron chi connectivity index (χ3n) is 5.56. The predicted molar refractivity (Wildman–Crippen MR) is 105 cm³/mol. The molecule has 5 nitrogen and oxygen atoms in total. The van der Waals surface area contributed by atoms with Crippen molar-refractivity contribution in [2.45, 2.75) is 52.9 Å². The summed E-state index contributed by atoms with van der Waals surface area (Å²) in [4.78, 5) is 5.04. The molecule has 5 heteroatoms. The van der Waals surface area contributed by atoms with Crippen LogP contribution in [0.25, 0.3) is 0 Å². The number of hydrogen-bond acceptors (Lipinski definition) is 4. The number of aryl methyl sites for hydroxylation is 2. The van der Waals surface area contributed by atoms with E-state index in [4.69, 9.17) is 0 Å². The molecule has 1 aromatic carbocycles. The molecule has 26 heavy (non-hydrogen) atoms. The molecule has 0 radical (unpaired) electrons. The summed E-state index contributed by atoms with van der Waals surface area (Å²) < 4.78 is 2.06. The second-order valence-corrected chi connectivity index (χ2v) is 7.43. The third kappa shape index (κ3) is 4.53. The molecule has 1 aromatic heterocycles. The van der Waals surface area contributed by atoms with E-state index in [0.717, 1.165) is 45.7 Å². The number of aliphatic hydroxyl groups excluding tert-OH is 1. The average molecular weight is 357 g/mol. The Morgan fingerprint density at radius 2 is 1.88 bits per heavy atom. The van der Waals surface area contributed by atoms with Crippen molar-refractivity contribution in [3.05, 3.63) is 52.8 Å². The van der Waals surface area contributed by atoms with Gasteiger partial charge in [0.25, 0.3) is 0 Å². The highest BCUT2D eigenvalue weighted by Gasteiger charge is 2.27. The van der Waals surface area contributed by atoms with Crippen molar-refractivity contribution >= 4 is 0 Å². The molecule has 0 amide bonds. The molecule has 0 spiro atoms. The van der Waals surface area contributed by atoms with Gasteiger partial charge in [0.1, 0.15) is 0 Å². The van der Waals surface area contributed by atoms with Crippen molar-refractivity contribution in [2.75, 3.05) is 26.2 Å². The quantitative estimate of drug-likeness (QED) is 0.828. The lowest BCUT2D eigenvalue weighted by atomic mass is 10.1. The van der Waals surface area contributed by atoms with E-state index >= 15 is 0 Å². The molecule has 1 aliphatic rings. The van der Waals surface area contributed by atoms with E-state index < -0.39 is 0 Å². The Balaban J connectivity index is 1.63. The first kappa shape index (κ1) is 19.1. The summed E-state index contributed by atoms with van der Waals surface area (Å²) in [6, 6.07) is 9.21. The molecule has 2 heterocycles. The number of piperazine rings is 1. The molecule has 0 saturated carbocycles. The number of hydrogen-bond donors (Lipinski definition) is 1. The van der Waals surface area contributed by atoms with Crippen LogP contribution >= 0.6 is 0 Å². The largest absolute Gasteiger partial charge is 0.396 e. The van der Waals surface area contributed by atoms with Crippen LogP contribution in [0.15, 0.2) is 30.5 Å². The van der Waals surface area contributed by atoms with Gasteiger partial charge < -0.3 is 5.11 Å². The van der Waals surface area contributed by atoms with E-state index in [1.165, 1.54) is 22.4 Å². The first-order valence-electron chi connectivity index (χ1n) is 9.74. The fraction of sp³-hybridized carbons (Fsp3) is 0.571. The second kappa shape index (κ2) is 8.80. The van der Waals surface area contributed by atoms with E-state index in [-0.39, 0.29) is 6.61 Å². The SMILES string of the molecule is CCn1ncc(CN2CCN(Cc3ccc(C)cc3)[C@@H](CCO)C2)c1C. The maximum absolute atomic E-state index is 9.54. The van der Waals surface area contributed by atoms with Crippen molar-refractivity contribution in [3.63, 3.8) is 0 Å². The highest BCUT2D eigenvalue weighted by Crippen LogP contribution is 2.19. The lowest BCUT2D eigenvalue weighted by Crippen LogP contribution is -2.52. The van der Waals surface area contributed by atoms with Crippen molar-refractivity contribution in [3.8, 4) is 0 Å². The molecule has 0 bridgehead atoms. The number of rotatable bonds is 7. The molecule has 0 unspecified atom stereocenters. The summed E-state index contributed by atoms with van der Waals surface area (Å²) in [6.07, 6.45) is 2.84. The van der Waals surface area contributed by atoms with Crippen LogP contribution in [0.1, 0.15) is 35.7 Å². The summed E-state index contributed by atoms with van der Waals surface area (Å²) in [5, 5.41) is 14.0. The van der Waals surface area contributed by atoms with Crippen LogP contribution in [-0.4, -0.2) is 57.0 Å². The number of aromatic nitrogens is 2. The van der Waals surface area contributed by atoms with Gasteiger partial charge >= 0.3 is 0 Å². The zero-order valence-corrected chi connectivity index (χ0v) is 16.4. The molecular weight excluding hydrogens is 324 g/mol. The summed E-state index contributed by atoms with van der Waals surface area (Å²) in [5.74, 6) is 0. The molecule has 1 saturated heterocycles. The molecular formula is C21H32N4O. The summed E-state index contributed by atoms with van der Waals surface area (Å²) in [7, 11) is 0. The van der Waals surface area contributed by atoms with Crippen molar-refractivity contribution < 1.29 is 5.11 Å². The van der Waals surface area contributed by atoms with Gasteiger partial charge in [-0.05, 0) is 32.8 Å². The normalized spacial score (nSPS) is 19.2. The van der Waals surface area contributed by atoms with Gasteiger partial charge in [-0.2, -0.15) is 5.10 Å². The van der Waals surface area contributed by atoms with E-state index in [2.05, 4.69) is 64.6 Å². The van der Waals surface area contributed by atoms with Crippen LogP contribution in [0, 0.1) is 13.8 Å². The lowest BCUT2D eigenvalue weighted by Gasteiger charge is -2.41. The Morgan fingerprint density at radius 1 is 1.12 bits per heavy atom. The van der Waals surface area contributed by atoms with Crippen LogP contribution in [-0.2, 0) is 19.6 Å². The van der Waals surface area contributed by atoms with Gasteiger partial charge in [-0.1, -0.05) is 29.8 Å². The average Bonchev–Trinajstić information content (AvgIpc) is 2.99. The van der Waals surface area contributed by atoms with Crippen LogP contribution in [0.2, 0.25) is 0 Å². The first-order valence-corrected chi connectivity index (χ1v) is 9.74. The Hall–Kier alpha value is -1.69. The molecule has 3 rings (SSSR count). The molecule has 0 aliphatic carbocycles. The molecule has 1 aliphatic heterocycles. The Morgan fingerprint density at radius 3 is 2.54 bits per heavy atom. The van der Waals surface area contributed by atoms with Gasteiger partial charge in [0.2, 0.25) is 0 Å². The summed E-state index contributed by atoms with van der Waals surface area (Å²) in [6.45, 7) is 12.6. The number of aliphatic hydroxyl groups is 1. The predicted octanol–water partition coefficient (Wildman–Crippen LogP) is 2.59. The van der Waals surface area contributed by atoms with Crippen LogP contribution < -0.4 is 0 Å². The highest BCUT2D eigenvalue weighted by molar-refractivity contribution is 5.21. The van der Waals surface area contributed by atoms with E-state index in [9.17, 15) is 5.11 Å². The zero-order valence-electron chi connectivity index (χ0n) is 16.4. The fourth-order valence-electron chi connectivity index (χ4n) is 3.86. The van der Waals surface area contributed by atoms with Crippen molar-refractivity contribution in [1.82, 2.24) is 19.6 Å². The van der Waals surface area contributed by atoms with E-state index in [0.29, 0.717) is 6.04 Å². The monoisotopic (exact) mass is 356 g/mol. The minimum absolute atomic E-state index is 0.246. The van der Waals surface area contributed by atoms with Gasteiger partial charge in [0.15, 0.2) is 0 Å². The number of benzene rings is 1. The van der Waals surface area contributed by atoms with Gasteiger partial charge in [-0.3, -0.25) is 14.5 Å². The van der Waals surface area contributed by atoms with Crippen molar-refractivity contribution in [2.24, 2.45) is 0 Å².